The molecule has 1 aliphatic rings. The van der Waals surface area contributed by atoms with E-state index in [1.54, 1.807) is 6.92 Å². The van der Waals surface area contributed by atoms with Crippen LogP contribution in [0, 0.1) is 11.3 Å². The Bertz CT molecular complexity index is 236. The van der Waals surface area contributed by atoms with Gasteiger partial charge in [0.1, 0.15) is 0 Å². The molecule has 0 radical (unpaired) electrons. The van der Waals surface area contributed by atoms with Crippen LogP contribution in [0.4, 0.5) is 0 Å². The molecule has 0 aromatic carbocycles. The lowest BCUT2D eigenvalue weighted by molar-refractivity contribution is -0.161. The zero-order valence-electron chi connectivity index (χ0n) is 7.87. The third-order valence-electron chi connectivity index (χ3n) is 2.62. The van der Waals surface area contributed by atoms with E-state index < -0.39 is 17.4 Å². The number of rotatable bonds is 4. The van der Waals surface area contributed by atoms with Crippen molar-refractivity contribution in [3.05, 3.63) is 0 Å². The fraction of sp³-hybridized carbons (Fsp3) is 0.778. The average Bonchev–Trinajstić information content (AvgIpc) is 2.79. The third kappa shape index (κ3) is 1.41. The van der Waals surface area contributed by atoms with Crippen molar-refractivity contribution >= 4 is 11.9 Å². The van der Waals surface area contributed by atoms with E-state index in [9.17, 15) is 9.59 Å². The fourth-order valence-corrected chi connectivity index (χ4v) is 1.68. The maximum atomic E-state index is 11.3. The minimum Gasteiger partial charge on any atom is -0.480 e. The van der Waals surface area contributed by atoms with Gasteiger partial charge >= 0.3 is 11.9 Å². The summed E-state index contributed by atoms with van der Waals surface area (Å²) in [7, 11) is 0. The van der Waals surface area contributed by atoms with Gasteiger partial charge in [0, 0.05) is 0 Å². The number of carbonyl (C=O) groups is 2. The molecule has 0 bridgehead atoms. The van der Waals surface area contributed by atoms with Crippen LogP contribution in [0.2, 0.25) is 0 Å². The van der Waals surface area contributed by atoms with Crippen molar-refractivity contribution in [1.29, 1.82) is 0 Å². The van der Waals surface area contributed by atoms with Crippen LogP contribution in [0.25, 0.3) is 0 Å². The van der Waals surface area contributed by atoms with Gasteiger partial charge in [-0.15, -0.1) is 0 Å². The van der Waals surface area contributed by atoms with Gasteiger partial charge in [-0.1, -0.05) is 13.3 Å². The molecule has 0 heterocycles. The molecule has 2 atom stereocenters. The smallest absolute Gasteiger partial charge is 0.323 e. The highest BCUT2D eigenvalue weighted by atomic mass is 16.5. The molecule has 0 spiro atoms. The molecule has 1 rings (SSSR count). The van der Waals surface area contributed by atoms with Crippen molar-refractivity contribution in [2.24, 2.45) is 11.3 Å². The summed E-state index contributed by atoms with van der Waals surface area (Å²) in [6.07, 6.45) is 1.14. The Balaban J connectivity index is 2.72. The second kappa shape index (κ2) is 3.36. The molecule has 1 fully saturated rings. The Labute approximate surface area is 76.9 Å². The number of carboxylic acids is 1. The van der Waals surface area contributed by atoms with Gasteiger partial charge < -0.3 is 9.84 Å². The monoisotopic (exact) mass is 186 g/mol. The maximum absolute atomic E-state index is 11.3. The normalized spacial score (nSPS) is 31.1. The molecule has 1 aliphatic carbocycles. The average molecular weight is 186 g/mol. The van der Waals surface area contributed by atoms with E-state index >= 15 is 0 Å². The van der Waals surface area contributed by atoms with E-state index in [0.717, 1.165) is 0 Å². The molecule has 1 unspecified atom stereocenters. The van der Waals surface area contributed by atoms with Crippen LogP contribution in [0.5, 0.6) is 0 Å². The summed E-state index contributed by atoms with van der Waals surface area (Å²) in [5.74, 6) is -1.66. The molecule has 4 nitrogen and oxygen atoms in total. The molecule has 0 aromatic heterocycles. The topological polar surface area (TPSA) is 63.6 Å². The highest BCUT2D eigenvalue weighted by molar-refractivity contribution is 6.02. The van der Waals surface area contributed by atoms with E-state index in [1.165, 1.54) is 0 Å². The molecular weight excluding hydrogens is 172 g/mol. The summed E-state index contributed by atoms with van der Waals surface area (Å²) in [5.41, 5.74) is -1.22. The van der Waals surface area contributed by atoms with Crippen molar-refractivity contribution in [3.63, 3.8) is 0 Å². The Kier molecular flexibility index (Phi) is 2.59. The highest BCUT2D eigenvalue weighted by Gasteiger charge is 2.66. The minimum atomic E-state index is -1.22. The lowest BCUT2D eigenvalue weighted by atomic mass is 10.0. The van der Waals surface area contributed by atoms with Gasteiger partial charge in [-0.05, 0) is 19.3 Å². The Hall–Kier alpha value is -1.06. The number of ether oxygens (including phenoxy) is 1. The molecule has 4 heteroatoms. The van der Waals surface area contributed by atoms with E-state index in [0.29, 0.717) is 12.8 Å². The van der Waals surface area contributed by atoms with Crippen molar-refractivity contribution in [3.8, 4) is 0 Å². The van der Waals surface area contributed by atoms with Gasteiger partial charge in [0.05, 0.1) is 6.61 Å². The van der Waals surface area contributed by atoms with Crippen molar-refractivity contribution in [2.75, 3.05) is 6.61 Å². The first-order valence-electron chi connectivity index (χ1n) is 4.50. The second-order valence-electron chi connectivity index (χ2n) is 3.31. The predicted molar refractivity (Wildman–Crippen MR) is 45.1 cm³/mol. The summed E-state index contributed by atoms with van der Waals surface area (Å²) < 4.78 is 4.74. The van der Waals surface area contributed by atoms with Gasteiger partial charge in [-0.2, -0.15) is 0 Å². The number of hydrogen-bond acceptors (Lipinski definition) is 3. The summed E-state index contributed by atoms with van der Waals surface area (Å²) in [5, 5.41) is 8.90. The lowest BCUT2D eigenvalue weighted by Gasteiger charge is -2.09. The molecule has 0 saturated heterocycles. The maximum Gasteiger partial charge on any atom is 0.323 e. The molecule has 0 amide bonds. The van der Waals surface area contributed by atoms with Crippen LogP contribution in [0.15, 0.2) is 0 Å². The summed E-state index contributed by atoms with van der Waals surface area (Å²) >= 11 is 0. The van der Waals surface area contributed by atoms with Crippen LogP contribution in [0.1, 0.15) is 26.7 Å². The Morgan fingerprint density at radius 2 is 2.15 bits per heavy atom. The van der Waals surface area contributed by atoms with Gasteiger partial charge in [-0.3, -0.25) is 9.59 Å². The molecule has 74 valence electrons. The third-order valence-corrected chi connectivity index (χ3v) is 2.62. The molecular formula is C9H14O4. The zero-order valence-corrected chi connectivity index (χ0v) is 7.87. The molecule has 0 aromatic rings. The molecule has 1 N–H and O–H groups in total. The quantitative estimate of drug-likeness (QED) is 0.526. The van der Waals surface area contributed by atoms with E-state index in [2.05, 4.69) is 0 Å². The minimum absolute atomic E-state index is 0.0379. The Morgan fingerprint density at radius 3 is 2.46 bits per heavy atom. The predicted octanol–water partition coefficient (Wildman–Crippen LogP) is 1.05. The number of esters is 1. The summed E-state index contributed by atoms with van der Waals surface area (Å²) in [6.45, 7) is 3.80. The van der Waals surface area contributed by atoms with Crippen LogP contribution in [0.3, 0.4) is 0 Å². The van der Waals surface area contributed by atoms with Gasteiger partial charge in [0.2, 0.25) is 0 Å². The number of carboxylic acid groups (broad SMARTS) is 1. The second-order valence-corrected chi connectivity index (χ2v) is 3.31. The number of aliphatic carboxylic acids is 1. The van der Waals surface area contributed by atoms with Crippen molar-refractivity contribution < 1.29 is 19.4 Å². The Morgan fingerprint density at radius 1 is 1.54 bits per heavy atom. The lowest BCUT2D eigenvalue weighted by Crippen LogP contribution is -2.29. The van der Waals surface area contributed by atoms with Crippen molar-refractivity contribution in [2.45, 2.75) is 26.7 Å². The first-order valence-corrected chi connectivity index (χ1v) is 4.50. The van der Waals surface area contributed by atoms with Crippen LogP contribution < -0.4 is 0 Å². The number of hydrogen-bond donors (Lipinski definition) is 1. The zero-order chi connectivity index (χ0) is 10.1. The van der Waals surface area contributed by atoms with E-state index in [4.69, 9.17) is 9.84 Å². The SMILES string of the molecule is CCOC(=O)C1(C(=O)O)C[C@@H]1CC. The molecule has 1 saturated carbocycles. The first-order chi connectivity index (χ1) is 6.09. The fourth-order valence-electron chi connectivity index (χ4n) is 1.68. The van der Waals surface area contributed by atoms with Gasteiger partial charge in [0.25, 0.3) is 0 Å². The molecule has 13 heavy (non-hydrogen) atoms. The van der Waals surface area contributed by atoms with E-state index in [-0.39, 0.29) is 12.5 Å². The summed E-state index contributed by atoms with van der Waals surface area (Å²) in [6, 6.07) is 0. The largest absolute Gasteiger partial charge is 0.480 e. The van der Waals surface area contributed by atoms with Crippen LogP contribution in [-0.2, 0) is 14.3 Å². The molecule has 0 aliphatic heterocycles. The van der Waals surface area contributed by atoms with Crippen molar-refractivity contribution in [1.82, 2.24) is 0 Å². The van der Waals surface area contributed by atoms with Crippen LogP contribution >= 0.6 is 0 Å². The number of carbonyl (C=O) groups excluding carboxylic acids is 1. The van der Waals surface area contributed by atoms with E-state index in [1.807, 2.05) is 6.92 Å². The highest BCUT2D eigenvalue weighted by Crippen LogP contribution is 2.55. The first kappa shape index (κ1) is 10.0. The standard InChI is InChI=1S/C9H14O4/c1-3-6-5-9(6,7(10)11)8(12)13-4-2/h6H,3-5H2,1-2H3,(H,10,11)/t6-,9?/m0/s1. The van der Waals surface area contributed by atoms with Gasteiger partial charge in [0.15, 0.2) is 5.41 Å². The summed E-state index contributed by atoms with van der Waals surface area (Å²) in [4.78, 5) is 22.2. The van der Waals surface area contributed by atoms with Crippen LogP contribution in [-0.4, -0.2) is 23.7 Å². The van der Waals surface area contributed by atoms with Gasteiger partial charge in [-0.25, -0.2) is 0 Å².